The highest BCUT2D eigenvalue weighted by Gasteiger charge is 2.20. The van der Waals surface area contributed by atoms with Crippen LogP contribution in [0.1, 0.15) is 13.8 Å². The zero-order valence-corrected chi connectivity index (χ0v) is 14.5. The largest absolute Gasteiger partial charge is 0.353 e. The minimum atomic E-state index is 0. The topological polar surface area (TPSA) is 48.0 Å². The van der Waals surface area contributed by atoms with E-state index in [0.29, 0.717) is 6.04 Å². The zero-order chi connectivity index (χ0) is 13.9. The van der Waals surface area contributed by atoms with Crippen LogP contribution >= 0.6 is 24.8 Å². The Hall–Kier alpha value is -1.30. The van der Waals surface area contributed by atoms with Crippen molar-refractivity contribution in [3.05, 3.63) is 30.6 Å². The number of pyridine rings is 1. The van der Waals surface area contributed by atoms with Crippen LogP contribution in [0.15, 0.2) is 30.6 Å². The van der Waals surface area contributed by atoms with Gasteiger partial charge < -0.3 is 4.90 Å². The summed E-state index contributed by atoms with van der Waals surface area (Å²) in [5, 5.41) is 7.57. The first-order chi connectivity index (χ1) is 9.74. The molecule has 0 bridgehead atoms. The van der Waals surface area contributed by atoms with Gasteiger partial charge in [0, 0.05) is 56.2 Å². The van der Waals surface area contributed by atoms with E-state index in [2.05, 4.69) is 44.9 Å². The predicted molar refractivity (Wildman–Crippen MR) is 95.2 cm³/mol. The Balaban J connectivity index is 0.00000121. The smallest absolute Gasteiger partial charge is 0.151 e. The van der Waals surface area contributed by atoms with Gasteiger partial charge in [-0.2, -0.15) is 5.10 Å². The summed E-state index contributed by atoms with van der Waals surface area (Å²) in [6, 6.07) is 6.74. The number of aromatic nitrogens is 3. The Labute approximate surface area is 143 Å². The van der Waals surface area contributed by atoms with Crippen LogP contribution in [0.5, 0.6) is 0 Å². The van der Waals surface area contributed by atoms with E-state index < -0.39 is 0 Å². The third-order valence-corrected chi connectivity index (χ3v) is 3.92. The first kappa shape index (κ1) is 18.7. The van der Waals surface area contributed by atoms with Gasteiger partial charge in [0.05, 0.1) is 5.69 Å². The molecule has 2 aromatic heterocycles. The normalized spacial score (nSPS) is 15.3. The second kappa shape index (κ2) is 8.36. The fourth-order valence-electron chi connectivity index (χ4n) is 2.62. The number of piperazine rings is 1. The molecule has 0 aliphatic carbocycles. The Kier molecular flexibility index (Phi) is 7.13. The highest BCUT2D eigenvalue weighted by Crippen LogP contribution is 2.22. The number of H-pyrrole nitrogens is 1. The molecule has 1 saturated heterocycles. The maximum atomic E-state index is 4.45. The van der Waals surface area contributed by atoms with Crippen LogP contribution in [0.4, 0.5) is 5.82 Å². The molecule has 1 aliphatic heterocycles. The van der Waals surface area contributed by atoms with E-state index in [4.69, 9.17) is 0 Å². The highest BCUT2D eigenvalue weighted by molar-refractivity contribution is 5.85. The molecule has 3 heterocycles. The monoisotopic (exact) mass is 343 g/mol. The lowest BCUT2D eigenvalue weighted by Gasteiger charge is -2.36. The molecule has 0 atom stereocenters. The van der Waals surface area contributed by atoms with Crippen LogP contribution in [-0.4, -0.2) is 52.3 Å². The molecule has 5 nitrogen and oxygen atoms in total. The molecule has 0 spiro atoms. The summed E-state index contributed by atoms with van der Waals surface area (Å²) in [4.78, 5) is 8.90. The molecule has 0 radical (unpaired) electrons. The summed E-state index contributed by atoms with van der Waals surface area (Å²) in [7, 11) is 0. The fourth-order valence-corrected chi connectivity index (χ4v) is 2.62. The SMILES string of the molecule is CC(C)N1CCN(c2cc(-c3ccncc3)[nH]n2)CC1.Cl.Cl. The van der Waals surface area contributed by atoms with Crippen LogP contribution < -0.4 is 4.90 Å². The van der Waals surface area contributed by atoms with Gasteiger partial charge in [-0.1, -0.05) is 0 Å². The average molecular weight is 344 g/mol. The third kappa shape index (κ3) is 4.12. The number of nitrogens with one attached hydrogen (secondary N) is 1. The summed E-state index contributed by atoms with van der Waals surface area (Å²) in [6.45, 7) is 8.80. The molecule has 1 fully saturated rings. The lowest BCUT2D eigenvalue weighted by molar-refractivity contribution is 0.209. The number of hydrogen-bond acceptors (Lipinski definition) is 4. The van der Waals surface area contributed by atoms with Crippen molar-refractivity contribution in [1.82, 2.24) is 20.1 Å². The average Bonchev–Trinajstić information content (AvgIpc) is 2.98. The van der Waals surface area contributed by atoms with Gasteiger partial charge in [-0.3, -0.25) is 15.0 Å². The number of nitrogens with zero attached hydrogens (tertiary/aromatic N) is 4. The number of rotatable bonds is 3. The standard InChI is InChI=1S/C15H21N5.2ClH/c1-12(2)19-7-9-20(10-8-19)15-11-14(17-18-15)13-3-5-16-6-4-13;;/h3-6,11-12H,7-10H2,1-2H3,(H,17,18);2*1H. The van der Waals surface area contributed by atoms with Crippen LogP contribution in [0.2, 0.25) is 0 Å². The molecule has 122 valence electrons. The number of anilines is 1. The van der Waals surface area contributed by atoms with Gasteiger partial charge in [-0.05, 0) is 26.0 Å². The first-order valence-electron chi connectivity index (χ1n) is 7.19. The lowest BCUT2D eigenvalue weighted by Crippen LogP contribution is -2.49. The van der Waals surface area contributed by atoms with Crippen molar-refractivity contribution < 1.29 is 0 Å². The maximum Gasteiger partial charge on any atom is 0.151 e. The second-order valence-electron chi connectivity index (χ2n) is 5.49. The Morgan fingerprint density at radius 3 is 2.27 bits per heavy atom. The van der Waals surface area contributed by atoms with Crippen molar-refractivity contribution in [3.63, 3.8) is 0 Å². The summed E-state index contributed by atoms with van der Waals surface area (Å²) in [5.41, 5.74) is 2.17. The van der Waals surface area contributed by atoms with E-state index in [1.54, 1.807) is 12.4 Å². The molecule has 22 heavy (non-hydrogen) atoms. The van der Waals surface area contributed by atoms with Crippen molar-refractivity contribution in [1.29, 1.82) is 0 Å². The highest BCUT2D eigenvalue weighted by atomic mass is 35.5. The summed E-state index contributed by atoms with van der Waals surface area (Å²) < 4.78 is 0. The van der Waals surface area contributed by atoms with Gasteiger partial charge in [-0.15, -0.1) is 24.8 Å². The minimum absolute atomic E-state index is 0. The van der Waals surface area contributed by atoms with E-state index in [-0.39, 0.29) is 24.8 Å². The van der Waals surface area contributed by atoms with Gasteiger partial charge in [0.15, 0.2) is 5.82 Å². The molecular formula is C15H23Cl2N5. The first-order valence-corrected chi connectivity index (χ1v) is 7.19. The molecule has 7 heteroatoms. The molecule has 0 aromatic carbocycles. The van der Waals surface area contributed by atoms with Crippen molar-refractivity contribution in [3.8, 4) is 11.3 Å². The molecule has 3 rings (SSSR count). The van der Waals surface area contributed by atoms with E-state index in [9.17, 15) is 0 Å². The Morgan fingerprint density at radius 2 is 1.68 bits per heavy atom. The summed E-state index contributed by atoms with van der Waals surface area (Å²) in [5.74, 6) is 1.04. The van der Waals surface area contributed by atoms with Crippen molar-refractivity contribution in [2.75, 3.05) is 31.1 Å². The predicted octanol–water partition coefficient (Wildman–Crippen LogP) is 2.85. The minimum Gasteiger partial charge on any atom is -0.353 e. The van der Waals surface area contributed by atoms with Crippen LogP contribution in [-0.2, 0) is 0 Å². The van der Waals surface area contributed by atoms with Crippen LogP contribution in [0.25, 0.3) is 11.3 Å². The van der Waals surface area contributed by atoms with Gasteiger partial charge >= 0.3 is 0 Å². The van der Waals surface area contributed by atoms with Gasteiger partial charge in [0.2, 0.25) is 0 Å². The zero-order valence-electron chi connectivity index (χ0n) is 12.9. The Morgan fingerprint density at radius 1 is 1.05 bits per heavy atom. The maximum absolute atomic E-state index is 4.45. The molecule has 0 saturated carbocycles. The van der Waals surface area contributed by atoms with Crippen molar-refractivity contribution in [2.45, 2.75) is 19.9 Å². The third-order valence-electron chi connectivity index (χ3n) is 3.92. The van der Waals surface area contributed by atoms with Crippen LogP contribution in [0.3, 0.4) is 0 Å². The van der Waals surface area contributed by atoms with Crippen molar-refractivity contribution >= 4 is 30.6 Å². The van der Waals surface area contributed by atoms with Crippen LogP contribution in [0, 0.1) is 0 Å². The molecule has 0 unspecified atom stereocenters. The summed E-state index contributed by atoms with van der Waals surface area (Å²) in [6.07, 6.45) is 3.61. The van der Waals surface area contributed by atoms with Gasteiger partial charge in [0.1, 0.15) is 0 Å². The fraction of sp³-hybridized carbons (Fsp3) is 0.467. The number of hydrogen-bond donors (Lipinski definition) is 1. The van der Waals surface area contributed by atoms with E-state index in [0.717, 1.165) is 43.3 Å². The van der Waals surface area contributed by atoms with E-state index in [1.165, 1.54) is 0 Å². The van der Waals surface area contributed by atoms with Gasteiger partial charge in [0.25, 0.3) is 0 Å². The molecule has 2 aromatic rings. The van der Waals surface area contributed by atoms with E-state index >= 15 is 0 Å². The number of aromatic amines is 1. The molecule has 1 N–H and O–H groups in total. The lowest BCUT2D eigenvalue weighted by atomic mass is 10.2. The molecule has 0 amide bonds. The molecule has 1 aliphatic rings. The summed E-state index contributed by atoms with van der Waals surface area (Å²) >= 11 is 0. The Bertz CT molecular complexity index is 550. The van der Waals surface area contributed by atoms with E-state index in [1.807, 2.05) is 12.1 Å². The van der Waals surface area contributed by atoms with Crippen molar-refractivity contribution in [2.24, 2.45) is 0 Å². The number of halogens is 2. The van der Waals surface area contributed by atoms with Gasteiger partial charge in [-0.25, -0.2) is 0 Å². The quantitative estimate of drug-likeness (QED) is 0.930. The molecular weight excluding hydrogens is 321 g/mol. The second-order valence-corrected chi connectivity index (χ2v) is 5.49.